The van der Waals surface area contributed by atoms with E-state index in [-0.39, 0.29) is 12.5 Å². The summed E-state index contributed by atoms with van der Waals surface area (Å²) in [5.74, 6) is 0.0564. The smallest absolute Gasteiger partial charge is 0.236 e. The van der Waals surface area contributed by atoms with Gasteiger partial charge in [0.05, 0.1) is 6.54 Å². The lowest BCUT2D eigenvalue weighted by Crippen LogP contribution is -2.36. The summed E-state index contributed by atoms with van der Waals surface area (Å²) in [7, 11) is 0. The van der Waals surface area contributed by atoms with Gasteiger partial charge in [-0.2, -0.15) is 0 Å². The molecule has 0 saturated carbocycles. The lowest BCUT2D eigenvalue weighted by molar-refractivity contribution is -0.129. The molecule has 3 nitrogen and oxygen atoms in total. The Morgan fingerprint density at radius 1 is 1.45 bits per heavy atom. The highest BCUT2D eigenvalue weighted by Gasteiger charge is 2.06. The molecule has 0 fully saturated rings. The second-order valence-corrected chi connectivity index (χ2v) is 2.53. The fourth-order valence-electron chi connectivity index (χ4n) is 0.937. The predicted octanol–water partition coefficient (Wildman–Crippen LogP) is 0.594. The Morgan fingerprint density at radius 2 is 2.09 bits per heavy atom. The third kappa shape index (κ3) is 3.98. The molecule has 3 heteroatoms. The number of amides is 1. The van der Waals surface area contributed by atoms with Crippen LogP contribution < -0.4 is 5.73 Å². The molecule has 0 saturated heterocycles. The molecule has 11 heavy (non-hydrogen) atoms. The van der Waals surface area contributed by atoms with Crippen molar-refractivity contribution in [3.8, 4) is 0 Å². The van der Waals surface area contributed by atoms with Gasteiger partial charge in [0, 0.05) is 13.1 Å². The molecule has 0 aromatic carbocycles. The lowest BCUT2D eigenvalue weighted by Gasteiger charge is -2.19. The second-order valence-electron chi connectivity index (χ2n) is 2.53. The molecular formula is C8H18N2O. The van der Waals surface area contributed by atoms with Crippen molar-refractivity contribution in [3.05, 3.63) is 0 Å². The SMILES string of the molecule is CCCCN(CC)C(=O)CN. The molecule has 0 aliphatic carbocycles. The topological polar surface area (TPSA) is 46.3 Å². The van der Waals surface area contributed by atoms with Crippen molar-refractivity contribution in [2.75, 3.05) is 19.6 Å². The van der Waals surface area contributed by atoms with E-state index in [2.05, 4.69) is 6.92 Å². The van der Waals surface area contributed by atoms with Crippen molar-refractivity contribution < 1.29 is 4.79 Å². The van der Waals surface area contributed by atoms with Crippen LogP contribution in [0, 0.1) is 0 Å². The minimum absolute atomic E-state index is 0.0564. The summed E-state index contributed by atoms with van der Waals surface area (Å²) >= 11 is 0. The van der Waals surface area contributed by atoms with Gasteiger partial charge in [-0.1, -0.05) is 13.3 Å². The minimum Gasteiger partial charge on any atom is -0.342 e. The highest BCUT2D eigenvalue weighted by molar-refractivity contribution is 5.77. The number of nitrogens with two attached hydrogens (primary N) is 1. The van der Waals surface area contributed by atoms with Crippen LogP contribution in [0.1, 0.15) is 26.7 Å². The van der Waals surface area contributed by atoms with E-state index >= 15 is 0 Å². The van der Waals surface area contributed by atoms with Crippen molar-refractivity contribution in [1.29, 1.82) is 0 Å². The van der Waals surface area contributed by atoms with Crippen LogP contribution in [0.25, 0.3) is 0 Å². The number of unbranched alkanes of at least 4 members (excludes halogenated alkanes) is 1. The summed E-state index contributed by atoms with van der Waals surface area (Å²) in [5, 5.41) is 0. The normalized spacial score (nSPS) is 9.73. The van der Waals surface area contributed by atoms with E-state index < -0.39 is 0 Å². The van der Waals surface area contributed by atoms with Gasteiger partial charge in [-0.05, 0) is 13.3 Å². The molecule has 0 bridgehead atoms. The summed E-state index contributed by atoms with van der Waals surface area (Å²) < 4.78 is 0. The van der Waals surface area contributed by atoms with Gasteiger partial charge in [0.2, 0.25) is 5.91 Å². The molecule has 0 radical (unpaired) electrons. The number of carbonyl (C=O) groups is 1. The van der Waals surface area contributed by atoms with Crippen molar-refractivity contribution in [2.45, 2.75) is 26.7 Å². The van der Waals surface area contributed by atoms with Crippen molar-refractivity contribution in [2.24, 2.45) is 5.73 Å². The first kappa shape index (κ1) is 10.4. The predicted molar refractivity (Wildman–Crippen MR) is 46.2 cm³/mol. The van der Waals surface area contributed by atoms with Gasteiger partial charge < -0.3 is 10.6 Å². The molecule has 0 aromatic heterocycles. The van der Waals surface area contributed by atoms with E-state index in [9.17, 15) is 4.79 Å². The summed E-state index contributed by atoms with van der Waals surface area (Å²) in [4.78, 5) is 12.8. The van der Waals surface area contributed by atoms with Gasteiger partial charge in [-0.3, -0.25) is 4.79 Å². The first-order chi connectivity index (χ1) is 5.26. The number of nitrogens with zero attached hydrogens (tertiary/aromatic N) is 1. The quantitative estimate of drug-likeness (QED) is 0.636. The third-order valence-corrected chi connectivity index (χ3v) is 1.69. The molecule has 0 aliphatic rings. The van der Waals surface area contributed by atoms with Crippen LogP contribution >= 0.6 is 0 Å². The fourth-order valence-corrected chi connectivity index (χ4v) is 0.937. The third-order valence-electron chi connectivity index (χ3n) is 1.69. The first-order valence-electron chi connectivity index (χ1n) is 4.24. The summed E-state index contributed by atoms with van der Waals surface area (Å²) in [6.07, 6.45) is 2.19. The van der Waals surface area contributed by atoms with E-state index in [0.717, 1.165) is 25.9 Å². The molecule has 66 valence electrons. The van der Waals surface area contributed by atoms with Crippen LogP contribution in [-0.4, -0.2) is 30.4 Å². The van der Waals surface area contributed by atoms with E-state index in [1.54, 1.807) is 4.90 Å². The molecule has 1 amide bonds. The first-order valence-corrected chi connectivity index (χ1v) is 4.24. The zero-order chi connectivity index (χ0) is 8.69. The number of likely N-dealkylation sites (N-methyl/N-ethyl adjacent to an activating group) is 1. The number of hydrogen-bond acceptors (Lipinski definition) is 2. The molecule has 0 heterocycles. The Balaban J connectivity index is 3.65. The van der Waals surface area contributed by atoms with Crippen LogP contribution in [-0.2, 0) is 4.79 Å². The Hall–Kier alpha value is -0.570. The molecule has 2 N–H and O–H groups in total. The summed E-state index contributed by atoms with van der Waals surface area (Å²) in [5.41, 5.74) is 5.23. The number of rotatable bonds is 5. The lowest BCUT2D eigenvalue weighted by atomic mass is 10.3. The highest BCUT2D eigenvalue weighted by Crippen LogP contribution is 1.94. The molecule has 0 aromatic rings. The van der Waals surface area contributed by atoms with Crippen molar-refractivity contribution >= 4 is 5.91 Å². The van der Waals surface area contributed by atoms with E-state index in [1.165, 1.54) is 0 Å². The average molecular weight is 158 g/mol. The molecular weight excluding hydrogens is 140 g/mol. The largest absolute Gasteiger partial charge is 0.342 e. The van der Waals surface area contributed by atoms with Gasteiger partial charge in [0.1, 0.15) is 0 Å². The fraction of sp³-hybridized carbons (Fsp3) is 0.875. The van der Waals surface area contributed by atoms with Crippen LogP contribution in [0.3, 0.4) is 0 Å². The molecule has 0 aliphatic heterocycles. The Bertz CT molecular complexity index is 115. The summed E-state index contributed by atoms with van der Waals surface area (Å²) in [6, 6.07) is 0. The maximum atomic E-state index is 11.0. The minimum atomic E-state index is 0.0564. The maximum absolute atomic E-state index is 11.0. The standard InChI is InChI=1S/C8H18N2O/c1-3-5-6-10(4-2)8(11)7-9/h3-7,9H2,1-2H3. The van der Waals surface area contributed by atoms with Gasteiger partial charge in [0.25, 0.3) is 0 Å². The zero-order valence-corrected chi connectivity index (χ0v) is 7.47. The Morgan fingerprint density at radius 3 is 2.45 bits per heavy atom. The Labute approximate surface area is 68.6 Å². The maximum Gasteiger partial charge on any atom is 0.236 e. The average Bonchev–Trinajstić information content (AvgIpc) is 2.05. The van der Waals surface area contributed by atoms with Crippen molar-refractivity contribution in [3.63, 3.8) is 0 Å². The second kappa shape index (κ2) is 6.16. The monoisotopic (exact) mass is 158 g/mol. The van der Waals surface area contributed by atoms with E-state index in [1.807, 2.05) is 6.92 Å². The molecule has 0 spiro atoms. The highest BCUT2D eigenvalue weighted by atomic mass is 16.2. The van der Waals surface area contributed by atoms with Gasteiger partial charge >= 0.3 is 0 Å². The van der Waals surface area contributed by atoms with Crippen LogP contribution in [0.4, 0.5) is 0 Å². The van der Waals surface area contributed by atoms with Crippen LogP contribution in [0.15, 0.2) is 0 Å². The Kier molecular flexibility index (Phi) is 5.84. The number of hydrogen-bond donors (Lipinski definition) is 1. The van der Waals surface area contributed by atoms with Gasteiger partial charge in [-0.25, -0.2) is 0 Å². The van der Waals surface area contributed by atoms with Crippen LogP contribution in [0.2, 0.25) is 0 Å². The van der Waals surface area contributed by atoms with E-state index in [4.69, 9.17) is 5.73 Å². The molecule has 0 unspecified atom stereocenters. The molecule has 0 rings (SSSR count). The van der Waals surface area contributed by atoms with Gasteiger partial charge in [-0.15, -0.1) is 0 Å². The van der Waals surface area contributed by atoms with E-state index in [0.29, 0.717) is 0 Å². The molecule has 0 atom stereocenters. The van der Waals surface area contributed by atoms with Crippen LogP contribution in [0.5, 0.6) is 0 Å². The summed E-state index contributed by atoms with van der Waals surface area (Å²) in [6.45, 7) is 5.85. The number of carbonyl (C=O) groups excluding carboxylic acids is 1. The van der Waals surface area contributed by atoms with Gasteiger partial charge in [0.15, 0.2) is 0 Å². The van der Waals surface area contributed by atoms with Crippen molar-refractivity contribution in [1.82, 2.24) is 4.90 Å². The zero-order valence-electron chi connectivity index (χ0n) is 7.47.